The number of nitrogens with one attached hydrogen (secondary N) is 1. The number of amides is 1. The zero-order chi connectivity index (χ0) is 19.3. The predicted molar refractivity (Wildman–Crippen MR) is 108 cm³/mol. The maximum absolute atomic E-state index is 12.2. The van der Waals surface area contributed by atoms with Gasteiger partial charge in [0.15, 0.2) is 0 Å². The number of aryl methyl sites for hydroxylation is 1. The number of hydrogen-bond acceptors (Lipinski definition) is 4. The lowest BCUT2D eigenvalue weighted by Gasteiger charge is -2.34. The second-order valence-electron chi connectivity index (χ2n) is 7.64. The molecule has 0 unspecified atom stereocenters. The number of carbonyl (C=O) groups excluding carboxylic acids is 1. The molecule has 1 heterocycles. The molecular formula is C19H29ClN4O2. The second-order valence-corrected chi connectivity index (χ2v) is 7.91. The van der Waals surface area contributed by atoms with E-state index in [1.54, 1.807) is 4.90 Å². The molecule has 26 heavy (non-hydrogen) atoms. The van der Waals surface area contributed by atoms with Crippen LogP contribution in [0.25, 0.3) is 0 Å². The maximum atomic E-state index is 12.2. The number of halogens is 1. The van der Waals surface area contributed by atoms with Crippen molar-refractivity contribution in [1.82, 2.24) is 4.90 Å². The SMILES string of the molecule is Cc1ccc(N=C(N)CCl)c(NC2CCN(C(=O)OC(C)(C)C)CC2)c1. The van der Waals surface area contributed by atoms with Gasteiger partial charge in [-0.1, -0.05) is 6.07 Å². The van der Waals surface area contributed by atoms with E-state index < -0.39 is 5.60 Å². The number of rotatable bonds is 4. The quantitative estimate of drug-likeness (QED) is 0.469. The van der Waals surface area contributed by atoms with Gasteiger partial charge in [0.1, 0.15) is 11.4 Å². The summed E-state index contributed by atoms with van der Waals surface area (Å²) in [6.07, 6.45) is 1.45. The number of carbonyl (C=O) groups is 1. The van der Waals surface area contributed by atoms with Gasteiger partial charge in [-0.15, -0.1) is 11.6 Å². The third-order valence-corrected chi connectivity index (χ3v) is 4.33. The number of hydrogen-bond donors (Lipinski definition) is 2. The highest BCUT2D eigenvalue weighted by Gasteiger charge is 2.27. The van der Waals surface area contributed by atoms with Crippen LogP contribution in [-0.2, 0) is 4.74 Å². The van der Waals surface area contributed by atoms with Gasteiger partial charge in [-0.3, -0.25) is 0 Å². The fraction of sp³-hybridized carbons (Fsp3) is 0.579. The maximum Gasteiger partial charge on any atom is 0.410 e. The van der Waals surface area contributed by atoms with Crippen LogP contribution >= 0.6 is 11.6 Å². The smallest absolute Gasteiger partial charge is 0.410 e. The van der Waals surface area contributed by atoms with Crippen molar-refractivity contribution in [2.75, 3.05) is 24.3 Å². The lowest BCUT2D eigenvalue weighted by molar-refractivity contribution is 0.0210. The highest BCUT2D eigenvalue weighted by atomic mass is 35.5. The van der Waals surface area contributed by atoms with E-state index in [2.05, 4.69) is 16.4 Å². The van der Waals surface area contributed by atoms with Crippen molar-refractivity contribution in [3.8, 4) is 0 Å². The minimum absolute atomic E-state index is 0.196. The number of amidine groups is 1. The first kappa shape index (κ1) is 20.4. The van der Waals surface area contributed by atoms with E-state index in [0.717, 1.165) is 29.8 Å². The summed E-state index contributed by atoms with van der Waals surface area (Å²) >= 11 is 5.74. The highest BCUT2D eigenvalue weighted by Crippen LogP contribution is 2.29. The molecule has 3 N–H and O–H groups in total. The molecule has 1 aromatic carbocycles. The summed E-state index contributed by atoms with van der Waals surface area (Å²) in [4.78, 5) is 18.3. The molecule has 0 saturated carbocycles. The largest absolute Gasteiger partial charge is 0.444 e. The number of anilines is 1. The van der Waals surface area contributed by atoms with Gasteiger partial charge in [-0.2, -0.15) is 0 Å². The molecule has 144 valence electrons. The van der Waals surface area contributed by atoms with Crippen LogP contribution in [0, 0.1) is 6.92 Å². The molecule has 1 aliphatic heterocycles. The Kier molecular flexibility index (Phi) is 6.75. The van der Waals surface area contributed by atoms with Gasteiger partial charge < -0.3 is 20.7 Å². The van der Waals surface area contributed by atoms with Gasteiger partial charge in [0, 0.05) is 19.1 Å². The average molecular weight is 381 g/mol. The van der Waals surface area contributed by atoms with E-state index in [1.807, 2.05) is 39.8 Å². The Morgan fingerprint density at radius 3 is 2.62 bits per heavy atom. The molecule has 0 aliphatic carbocycles. The topological polar surface area (TPSA) is 80.0 Å². The van der Waals surface area contributed by atoms with E-state index in [0.29, 0.717) is 18.9 Å². The van der Waals surface area contributed by atoms with Gasteiger partial charge in [0.25, 0.3) is 0 Å². The monoisotopic (exact) mass is 380 g/mol. The first-order valence-electron chi connectivity index (χ1n) is 8.92. The van der Waals surface area contributed by atoms with Gasteiger partial charge in [-0.05, 0) is 58.2 Å². The molecule has 0 radical (unpaired) electrons. The summed E-state index contributed by atoms with van der Waals surface area (Å²) in [6, 6.07) is 6.26. The van der Waals surface area contributed by atoms with Crippen LogP contribution in [0.3, 0.4) is 0 Å². The number of nitrogens with zero attached hydrogens (tertiary/aromatic N) is 2. The molecule has 6 nitrogen and oxygen atoms in total. The first-order chi connectivity index (χ1) is 12.2. The fourth-order valence-electron chi connectivity index (χ4n) is 2.80. The Morgan fingerprint density at radius 1 is 1.38 bits per heavy atom. The van der Waals surface area contributed by atoms with E-state index in [4.69, 9.17) is 22.1 Å². The lowest BCUT2D eigenvalue weighted by Crippen LogP contribution is -2.44. The van der Waals surface area contributed by atoms with Crippen molar-refractivity contribution >= 4 is 34.9 Å². The van der Waals surface area contributed by atoms with Crippen molar-refractivity contribution < 1.29 is 9.53 Å². The number of piperidine rings is 1. The first-order valence-corrected chi connectivity index (χ1v) is 9.45. The Hall–Kier alpha value is -1.95. The molecule has 1 saturated heterocycles. The Morgan fingerprint density at radius 2 is 2.04 bits per heavy atom. The van der Waals surface area contributed by atoms with Crippen LogP contribution in [0.1, 0.15) is 39.2 Å². The van der Waals surface area contributed by atoms with Crippen LogP contribution in [0.4, 0.5) is 16.2 Å². The molecule has 1 fully saturated rings. The molecule has 0 spiro atoms. The summed E-state index contributed by atoms with van der Waals surface area (Å²) in [5.41, 5.74) is 8.17. The van der Waals surface area contributed by atoms with E-state index in [1.165, 1.54) is 0 Å². The number of aliphatic imine (C=N–C) groups is 1. The third-order valence-electron chi connectivity index (χ3n) is 4.06. The minimum Gasteiger partial charge on any atom is -0.444 e. The Labute approximate surface area is 160 Å². The Bertz CT molecular complexity index is 662. The van der Waals surface area contributed by atoms with Crippen molar-refractivity contribution in [1.29, 1.82) is 0 Å². The lowest BCUT2D eigenvalue weighted by atomic mass is 10.0. The summed E-state index contributed by atoms with van der Waals surface area (Å²) in [5.74, 6) is 0.583. The van der Waals surface area contributed by atoms with Crippen LogP contribution in [-0.4, -0.2) is 47.4 Å². The Balaban J connectivity index is 1.99. The van der Waals surface area contributed by atoms with Gasteiger partial charge in [-0.25, -0.2) is 9.79 Å². The molecule has 0 bridgehead atoms. The van der Waals surface area contributed by atoms with Crippen molar-refractivity contribution in [3.05, 3.63) is 23.8 Å². The van der Waals surface area contributed by atoms with Gasteiger partial charge in [0.2, 0.25) is 0 Å². The molecule has 1 aliphatic rings. The fourth-order valence-corrected chi connectivity index (χ4v) is 2.86. The zero-order valence-corrected chi connectivity index (χ0v) is 16.8. The number of likely N-dealkylation sites (tertiary alicyclic amines) is 1. The number of nitrogens with two attached hydrogens (primary N) is 1. The normalized spacial score (nSPS) is 16.5. The molecule has 7 heteroatoms. The number of benzene rings is 1. The summed E-state index contributed by atoms with van der Waals surface area (Å²) in [5, 5.41) is 3.54. The van der Waals surface area contributed by atoms with Crippen molar-refractivity contribution in [2.45, 2.75) is 52.2 Å². The van der Waals surface area contributed by atoms with Crippen LogP contribution in [0.15, 0.2) is 23.2 Å². The zero-order valence-electron chi connectivity index (χ0n) is 16.0. The van der Waals surface area contributed by atoms with Crippen LogP contribution in [0.5, 0.6) is 0 Å². The van der Waals surface area contributed by atoms with Crippen molar-refractivity contribution in [2.24, 2.45) is 10.7 Å². The minimum atomic E-state index is -0.469. The average Bonchev–Trinajstić information content (AvgIpc) is 2.56. The molecule has 2 rings (SSSR count). The number of alkyl halides is 1. The van der Waals surface area contributed by atoms with E-state index in [-0.39, 0.29) is 18.0 Å². The molecular weight excluding hydrogens is 352 g/mol. The molecule has 1 aromatic rings. The summed E-state index contributed by atoms with van der Waals surface area (Å²) < 4.78 is 5.44. The van der Waals surface area contributed by atoms with E-state index in [9.17, 15) is 4.79 Å². The van der Waals surface area contributed by atoms with Gasteiger partial charge >= 0.3 is 6.09 Å². The van der Waals surface area contributed by atoms with Crippen molar-refractivity contribution in [3.63, 3.8) is 0 Å². The van der Waals surface area contributed by atoms with Crippen LogP contribution in [0.2, 0.25) is 0 Å². The standard InChI is InChI=1S/C19H29ClN4O2/c1-13-5-6-15(23-17(21)12-20)16(11-13)22-14-7-9-24(10-8-14)18(25)26-19(2,3)4/h5-6,11,14,22H,7-10,12H2,1-4H3,(H2,21,23). The third kappa shape index (κ3) is 6.09. The van der Waals surface area contributed by atoms with Gasteiger partial charge in [0.05, 0.1) is 17.3 Å². The molecule has 1 amide bonds. The summed E-state index contributed by atoms with van der Waals surface area (Å²) in [6.45, 7) is 9.01. The van der Waals surface area contributed by atoms with Crippen LogP contribution < -0.4 is 11.1 Å². The predicted octanol–water partition coefficient (Wildman–Crippen LogP) is 4.03. The van der Waals surface area contributed by atoms with E-state index >= 15 is 0 Å². The molecule has 0 aromatic heterocycles. The summed E-state index contributed by atoms with van der Waals surface area (Å²) in [7, 11) is 0. The second kappa shape index (κ2) is 8.62. The number of ether oxygens (including phenoxy) is 1. The highest BCUT2D eigenvalue weighted by molar-refractivity contribution is 6.28. The molecule has 0 atom stereocenters.